The highest BCUT2D eigenvalue weighted by molar-refractivity contribution is 7.22. The van der Waals surface area contributed by atoms with Gasteiger partial charge in [0.15, 0.2) is 16.6 Å². The van der Waals surface area contributed by atoms with Crippen LogP contribution in [0.3, 0.4) is 0 Å². The summed E-state index contributed by atoms with van der Waals surface area (Å²) in [4.78, 5) is 22.4. The van der Waals surface area contributed by atoms with Crippen molar-refractivity contribution < 1.29 is 19.0 Å². The predicted molar refractivity (Wildman–Crippen MR) is 152 cm³/mol. The molecule has 0 bridgehead atoms. The van der Waals surface area contributed by atoms with Crippen molar-refractivity contribution in [2.45, 2.75) is 27.7 Å². The number of nitrogens with zero attached hydrogens (tertiary/aromatic N) is 3. The van der Waals surface area contributed by atoms with Crippen molar-refractivity contribution in [2.75, 3.05) is 52.4 Å². The fourth-order valence-corrected chi connectivity index (χ4v) is 4.92. The van der Waals surface area contributed by atoms with Crippen LogP contribution in [0.1, 0.15) is 30.5 Å². The summed E-state index contributed by atoms with van der Waals surface area (Å²) in [6.45, 7) is 11.6. The maximum absolute atomic E-state index is 13.5. The molecule has 1 amide bonds. The molecule has 196 valence electrons. The first-order valence-electron chi connectivity index (χ1n) is 11.7. The Kier molecular flexibility index (Phi) is 11.0. The number of thiazole rings is 1. The van der Waals surface area contributed by atoms with Gasteiger partial charge in [0.1, 0.15) is 0 Å². The fraction of sp³-hybridized carbons (Fsp3) is 0.407. The van der Waals surface area contributed by atoms with E-state index in [4.69, 9.17) is 19.2 Å². The Morgan fingerprint density at radius 2 is 1.64 bits per heavy atom. The van der Waals surface area contributed by atoms with E-state index in [1.807, 2.05) is 12.1 Å². The van der Waals surface area contributed by atoms with Gasteiger partial charge in [-0.05, 0) is 67.9 Å². The van der Waals surface area contributed by atoms with E-state index >= 15 is 0 Å². The van der Waals surface area contributed by atoms with E-state index in [9.17, 15) is 4.79 Å². The van der Waals surface area contributed by atoms with E-state index in [1.54, 1.807) is 49.7 Å². The molecule has 0 atom stereocenters. The third-order valence-corrected chi connectivity index (χ3v) is 7.25. The molecule has 7 nitrogen and oxygen atoms in total. The summed E-state index contributed by atoms with van der Waals surface area (Å²) in [7, 11) is 4.71. The van der Waals surface area contributed by atoms with E-state index in [-0.39, 0.29) is 18.3 Å². The van der Waals surface area contributed by atoms with Crippen LogP contribution in [0.15, 0.2) is 30.3 Å². The molecule has 3 rings (SSSR count). The van der Waals surface area contributed by atoms with E-state index in [0.29, 0.717) is 28.9 Å². The van der Waals surface area contributed by atoms with Gasteiger partial charge in [-0.2, -0.15) is 0 Å². The van der Waals surface area contributed by atoms with Gasteiger partial charge in [-0.1, -0.05) is 31.3 Å². The highest BCUT2D eigenvalue weighted by Crippen LogP contribution is 2.38. The molecule has 36 heavy (non-hydrogen) atoms. The first-order chi connectivity index (χ1) is 16.9. The molecule has 0 saturated heterocycles. The lowest BCUT2D eigenvalue weighted by molar-refractivity contribution is -0.114. The molecule has 3 aromatic rings. The third kappa shape index (κ3) is 6.49. The zero-order chi connectivity index (χ0) is 25.5. The van der Waals surface area contributed by atoms with Crippen LogP contribution in [0.4, 0.5) is 5.13 Å². The van der Waals surface area contributed by atoms with Crippen LogP contribution in [-0.2, 0) is 4.79 Å². The average Bonchev–Trinajstić information content (AvgIpc) is 3.31. The molecule has 0 N–H and O–H groups in total. The number of carbonyl (C=O) groups is 1. The van der Waals surface area contributed by atoms with Gasteiger partial charge in [0.05, 0.1) is 31.5 Å². The smallest absolute Gasteiger partial charge is 0.252 e. The summed E-state index contributed by atoms with van der Waals surface area (Å²) in [6, 6.07) is 7.81. The van der Waals surface area contributed by atoms with Crippen LogP contribution in [-0.4, -0.2) is 63.3 Å². The number of carbonyl (C=O) groups excluding carboxylic acids is 1. The summed E-state index contributed by atoms with van der Waals surface area (Å²) in [5.74, 6) is 1.46. The second kappa shape index (κ2) is 13.5. The van der Waals surface area contributed by atoms with Gasteiger partial charge in [0.2, 0.25) is 5.75 Å². The summed E-state index contributed by atoms with van der Waals surface area (Å²) < 4.78 is 17.4. The number of aryl methyl sites for hydroxylation is 2. The van der Waals surface area contributed by atoms with Gasteiger partial charge in [-0.25, -0.2) is 4.98 Å². The molecule has 0 spiro atoms. The predicted octanol–water partition coefficient (Wildman–Crippen LogP) is 5.75. The molecule has 1 aromatic heterocycles. The Bertz CT molecular complexity index is 1180. The average molecular weight is 534 g/mol. The van der Waals surface area contributed by atoms with Gasteiger partial charge >= 0.3 is 0 Å². The molecule has 9 heteroatoms. The van der Waals surface area contributed by atoms with E-state index < -0.39 is 0 Å². The van der Waals surface area contributed by atoms with Gasteiger partial charge in [-0.3, -0.25) is 9.69 Å². The second-order valence-corrected chi connectivity index (χ2v) is 9.17. The molecule has 0 unspecified atom stereocenters. The van der Waals surface area contributed by atoms with Crippen LogP contribution >= 0.6 is 23.7 Å². The topological polar surface area (TPSA) is 64.1 Å². The fourth-order valence-electron chi connectivity index (χ4n) is 3.87. The van der Waals surface area contributed by atoms with Gasteiger partial charge in [-0.15, -0.1) is 12.4 Å². The lowest BCUT2D eigenvalue weighted by Gasteiger charge is -2.23. The van der Waals surface area contributed by atoms with Gasteiger partial charge < -0.3 is 19.1 Å². The molecular weight excluding hydrogens is 498 g/mol. The molecule has 0 aliphatic carbocycles. The minimum atomic E-state index is -0.126. The number of ether oxygens (including phenoxy) is 3. The summed E-state index contributed by atoms with van der Waals surface area (Å²) in [5.41, 5.74) is 4.07. The highest BCUT2D eigenvalue weighted by atomic mass is 35.5. The molecule has 0 aliphatic rings. The standard InChI is InChI=1S/C27H35N3O4S.ClH/c1-8-29(9-2)14-15-30(27-28-25-19(4)18(3)10-12-23(25)35-27)24(31)13-11-20-16-21(32-5)26(34-7)22(17-20)33-6;/h10-13,16-17H,8-9,14-15H2,1-7H3;1H. The number of fused-ring (bicyclic) bond motifs is 1. The van der Waals surface area contributed by atoms with Crippen LogP contribution < -0.4 is 19.1 Å². The number of halogens is 1. The minimum absolute atomic E-state index is 0. The SMILES string of the molecule is CCN(CC)CCN(C(=O)C=Cc1cc(OC)c(OC)c(OC)c1)c1nc2c(C)c(C)ccc2s1.Cl. The molecule has 1 heterocycles. The number of likely N-dealkylation sites (N-methyl/N-ethyl adjacent to an activating group) is 1. The van der Waals surface area contributed by atoms with E-state index in [0.717, 1.165) is 41.0 Å². The lowest BCUT2D eigenvalue weighted by Crippen LogP contribution is -2.38. The third-order valence-electron chi connectivity index (χ3n) is 6.21. The first-order valence-corrected chi connectivity index (χ1v) is 12.6. The first kappa shape index (κ1) is 29.4. The maximum atomic E-state index is 13.5. The summed E-state index contributed by atoms with van der Waals surface area (Å²) in [5, 5.41) is 0.709. The molecule has 2 aromatic carbocycles. The van der Waals surface area contributed by atoms with Crippen LogP contribution in [0.25, 0.3) is 16.3 Å². The van der Waals surface area contributed by atoms with Gasteiger partial charge in [0.25, 0.3) is 5.91 Å². The second-order valence-electron chi connectivity index (χ2n) is 8.16. The number of anilines is 1. The van der Waals surface area contributed by atoms with Crippen LogP contribution in [0.5, 0.6) is 17.2 Å². The number of rotatable bonds is 11. The van der Waals surface area contributed by atoms with Crippen molar-refractivity contribution in [3.05, 3.63) is 47.0 Å². The zero-order valence-electron chi connectivity index (χ0n) is 22.1. The normalized spacial score (nSPS) is 11.1. The van der Waals surface area contributed by atoms with E-state index in [2.05, 4.69) is 44.7 Å². The van der Waals surface area contributed by atoms with Crippen molar-refractivity contribution >= 4 is 51.1 Å². The Labute approximate surface area is 224 Å². The Hall–Kier alpha value is -2.81. The van der Waals surface area contributed by atoms with Crippen molar-refractivity contribution in [1.29, 1.82) is 0 Å². The van der Waals surface area contributed by atoms with Crippen molar-refractivity contribution in [1.82, 2.24) is 9.88 Å². The van der Waals surface area contributed by atoms with Crippen molar-refractivity contribution in [2.24, 2.45) is 0 Å². The summed E-state index contributed by atoms with van der Waals surface area (Å²) in [6.07, 6.45) is 3.34. The van der Waals surface area contributed by atoms with E-state index in [1.165, 1.54) is 5.56 Å². The lowest BCUT2D eigenvalue weighted by atomic mass is 10.1. The number of aromatic nitrogens is 1. The largest absolute Gasteiger partial charge is 0.493 e. The van der Waals surface area contributed by atoms with Gasteiger partial charge in [0, 0.05) is 19.2 Å². The molecular formula is C27H36ClN3O4S. The van der Waals surface area contributed by atoms with Crippen LogP contribution in [0.2, 0.25) is 0 Å². The number of amides is 1. The summed E-state index contributed by atoms with van der Waals surface area (Å²) >= 11 is 1.55. The number of hydrogen-bond donors (Lipinski definition) is 0. The maximum Gasteiger partial charge on any atom is 0.252 e. The molecule has 0 fully saturated rings. The Balaban J connectivity index is 0.00000456. The zero-order valence-corrected chi connectivity index (χ0v) is 23.7. The Morgan fingerprint density at radius 3 is 2.19 bits per heavy atom. The monoisotopic (exact) mass is 533 g/mol. The molecule has 0 radical (unpaired) electrons. The van der Waals surface area contributed by atoms with Crippen molar-refractivity contribution in [3.8, 4) is 17.2 Å². The number of benzene rings is 2. The van der Waals surface area contributed by atoms with Crippen molar-refractivity contribution in [3.63, 3.8) is 0 Å². The number of methoxy groups -OCH3 is 3. The molecule has 0 saturated carbocycles. The van der Waals surface area contributed by atoms with Crippen LogP contribution in [0, 0.1) is 13.8 Å². The highest BCUT2D eigenvalue weighted by Gasteiger charge is 2.20. The quantitative estimate of drug-likeness (QED) is 0.292. The Morgan fingerprint density at radius 1 is 1.00 bits per heavy atom. The molecule has 0 aliphatic heterocycles. The minimum Gasteiger partial charge on any atom is -0.493 e. The number of hydrogen-bond acceptors (Lipinski definition) is 7.